The summed E-state index contributed by atoms with van der Waals surface area (Å²) in [6, 6.07) is 2.11. The van der Waals surface area contributed by atoms with E-state index < -0.39 is 0 Å². The molecule has 0 spiro atoms. The van der Waals surface area contributed by atoms with Crippen LogP contribution in [-0.2, 0) is 0 Å². The molecule has 1 aromatic heterocycles. The van der Waals surface area contributed by atoms with E-state index in [-0.39, 0.29) is 0 Å². The summed E-state index contributed by atoms with van der Waals surface area (Å²) in [5.74, 6) is 0. The SMILES string of the molecule is Cc1cc2snc(C)c2c(C)c1N. The van der Waals surface area contributed by atoms with E-state index in [1.165, 1.54) is 15.6 Å². The van der Waals surface area contributed by atoms with Gasteiger partial charge in [0.1, 0.15) is 0 Å². The summed E-state index contributed by atoms with van der Waals surface area (Å²) in [4.78, 5) is 0. The Morgan fingerprint density at radius 3 is 2.69 bits per heavy atom. The van der Waals surface area contributed by atoms with Gasteiger partial charge in [0.25, 0.3) is 0 Å². The largest absolute Gasteiger partial charge is 0.398 e. The normalized spacial score (nSPS) is 11.0. The number of hydrogen-bond acceptors (Lipinski definition) is 3. The van der Waals surface area contributed by atoms with Crippen LogP contribution in [0.15, 0.2) is 6.07 Å². The zero-order valence-corrected chi connectivity index (χ0v) is 8.83. The van der Waals surface area contributed by atoms with Crippen molar-refractivity contribution in [3.8, 4) is 0 Å². The molecule has 0 saturated heterocycles. The zero-order valence-electron chi connectivity index (χ0n) is 8.01. The maximum Gasteiger partial charge on any atom is 0.0593 e. The fourth-order valence-corrected chi connectivity index (χ4v) is 2.59. The van der Waals surface area contributed by atoms with Gasteiger partial charge < -0.3 is 5.73 Å². The number of rotatable bonds is 0. The first-order valence-electron chi connectivity index (χ1n) is 4.23. The molecule has 0 unspecified atom stereocenters. The van der Waals surface area contributed by atoms with Gasteiger partial charge in [0.15, 0.2) is 0 Å². The number of nitrogen functional groups attached to an aromatic ring is 1. The van der Waals surface area contributed by atoms with E-state index >= 15 is 0 Å². The molecule has 0 radical (unpaired) electrons. The van der Waals surface area contributed by atoms with E-state index in [0.717, 1.165) is 16.9 Å². The molecule has 0 saturated carbocycles. The number of hydrogen-bond donors (Lipinski definition) is 1. The van der Waals surface area contributed by atoms with Gasteiger partial charge >= 0.3 is 0 Å². The van der Waals surface area contributed by atoms with E-state index in [1.807, 2.05) is 13.8 Å². The van der Waals surface area contributed by atoms with E-state index in [4.69, 9.17) is 5.73 Å². The first-order valence-corrected chi connectivity index (χ1v) is 5.00. The van der Waals surface area contributed by atoms with Crippen LogP contribution >= 0.6 is 11.5 Å². The predicted molar refractivity (Wildman–Crippen MR) is 58.2 cm³/mol. The molecule has 2 N–H and O–H groups in total. The molecule has 3 heteroatoms. The van der Waals surface area contributed by atoms with E-state index in [2.05, 4.69) is 17.4 Å². The van der Waals surface area contributed by atoms with Crippen molar-refractivity contribution in [1.29, 1.82) is 0 Å². The molecule has 0 amide bonds. The lowest BCUT2D eigenvalue weighted by Gasteiger charge is -2.05. The molecule has 2 aromatic rings. The van der Waals surface area contributed by atoms with Crippen molar-refractivity contribution in [3.63, 3.8) is 0 Å². The first kappa shape index (κ1) is 8.51. The number of fused-ring (bicyclic) bond motifs is 1. The second-order valence-electron chi connectivity index (χ2n) is 3.37. The second-order valence-corrected chi connectivity index (χ2v) is 4.18. The van der Waals surface area contributed by atoms with Crippen LogP contribution < -0.4 is 5.73 Å². The second kappa shape index (κ2) is 2.70. The van der Waals surface area contributed by atoms with Gasteiger partial charge in [-0.1, -0.05) is 0 Å². The Morgan fingerprint density at radius 1 is 1.31 bits per heavy atom. The lowest BCUT2D eigenvalue weighted by atomic mass is 10.0. The molecule has 1 aromatic carbocycles. The molecule has 2 nitrogen and oxygen atoms in total. The topological polar surface area (TPSA) is 38.9 Å². The molecule has 0 aliphatic heterocycles. The summed E-state index contributed by atoms with van der Waals surface area (Å²) in [6.45, 7) is 6.13. The van der Waals surface area contributed by atoms with Crippen molar-refractivity contribution < 1.29 is 0 Å². The Kier molecular flexibility index (Phi) is 1.77. The highest BCUT2D eigenvalue weighted by Crippen LogP contribution is 2.31. The van der Waals surface area contributed by atoms with Gasteiger partial charge in [-0.2, -0.15) is 4.37 Å². The molecule has 0 atom stereocenters. The molecular weight excluding hydrogens is 180 g/mol. The van der Waals surface area contributed by atoms with Gasteiger partial charge in [-0.05, 0) is 49.5 Å². The Morgan fingerprint density at radius 2 is 2.00 bits per heavy atom. The summed E-state index contributed by atoms with van der Waals surface area (Å²) in [6.07, 6.45) is 0. The minimum atomic E-state index is 0.899. The third-order valence-electron chi connectivity index (χ3n) is 2.44. The molecule has 0 aliphatic carbocycles. The highest BCUT2D eigenvalue weighted by Gasteiger charge is 2.09. The van der Waals surface area contributed by atoms with Gasteiger partial charge in [-0.25, -0.2) is 0 Å². The predicted octanol–water partition coefficient (Wildman–Crippen LogP) is 2.80. The Labute approximate surface area is 81.5 Å². The third kappa shape index (κ3) is 1.11. The highest BCUT2D eigenvalue weighted by atomic mass is 32.1. The minimum Gasteiger partial charge on any atom is -0.398 e. The molecule has 0 aliphatic rings. The summed E-state index contributed by atoms with van der Waals surface area (Å²) in [7, 11) is 0. The van der Waals surface area contributed by atoms with Crippen LogP contribution in [0.4, 0.5) is 5.69 Å². The average Bonchev–Trinajstić information content (AvgIpc) is 2.43. The maximum atomic E-state index is 5.95. The van der Waals surface area contributed by atoms with E-state index in [1.54, 1.807) is 11.5 Å². The molecule has 0 bridgehead atoms. The first-order chi connectivity index (χ1) is 6.11. The molecule has 68 valence electrons. The Balaban J connectivity index is 2.97. The van der Waals surface area contributed by atoms with E-state index in [9.17, 15) is 0 Å². The number of anilines is 1. The van der Waals surface area contributed by atoms with Crippen LogP contribution in [0.3, 0.4) is 0 Å². The Hall–Kier alpha value is -1.09. The smallest absolute Gasteiger partial charge is 0.0593 e. The lowest BCUT2D eigenvalue weighted by molar-refractivity contribution is 1.35. The summed E-state index contributed by atoms with van der Waals surface area (Å²) in [5.41, 5.74) is 10.3. The van der Waals surface area contributed by atoms with Crippen molar-refractivity contribution in [2.45, 2.75) is 20.8 Å². The van der Waals surface area contributed by atoms with Crippen LogP contribution in [-0.4, -0.2) is 4.37 Å². The van der Waals surface area contributed by atoms with Gasteiger partial charge in [0.2, 0.25) is 0 Å². The van der Waals surface area contributed by atoms with Crippen molar-refractivity contribution >= 4 is 27.3 Å². The van der Waals surface area contributed by atoms with Gasteiger partial charge in [-0.15, -0.1) is 0 Å². The van der Waals surface area contributed by atoms with Gasteiger partial charge in [0, 0.05) is 11.1 Å². The number of nitrogens with zero attached hydrogens (tertiary/aromatic N) is 1. The van der Waals surface area contributed by atoms with Crippen molar-refractivity contribution in [2.24, 2.45) is 0 Å². The van der Waals surface area contributed by atoms with Crippen LogP contribution in [0.1, 0.15) is 16.8 Å². The number of aryl methyl sites for hydroxylation is 3. The van der Waals surface area contributed by atoms with Crippen molar-refractivity contribution in [1.82, 2.24) is 4.37 Å². The molecule has 0 fully saturated rings. The fraction of sp³-hybridized carbons (Fsp3) is 0.300. The summed E-state index contributed by atoms with van der Waals surface area (Å²) < 4.78 is 5.56. The number of aromatic nitrogens is 1. The lowest BCUT2D eigenvalue weighted by Crippen LogP contribution is -1.93. The maximum absolute atomic E-state index is 5.95. The Bertz CT molecular complexity index is 471. The van der Waals surface area contributed by atoms with Crippen LogP contribution in [0, 0.1) is 20.8 Å². The van der Waals surface area contributed by atoms with Crippen LogP contribution in [0.25, 0.3) is 10.1 Å². The third-order valence-corrected chi connectivity index (χ3v) is 3.32. The van der Waals surface area contributed by atoms with Crippen molar-refractivity contribution in [3.05, 3.63) is 22.9 Å². The van der Waals surface area contributed by atoms with Crippen LogP contribution in [0.5, 0.6) is 0 Å². The zero-order chi connectivity index (χ0) is 9.59. The summed E-state index contributed by atoms with van der Waals surface area (Å²) >= 11 is 1.55. The average molecular weight is 192 g/mol. The highest BCUT2D eigenvalue weighted by molar-refractivity contribution is 7.13. The quantitative estimate of drug-likeness (QED) is 0.652. The fourth-order valence-electron chi connectivity index (χ4n) is 1.65. The van der Waals surface area contributed by atoms with Gasteiger partial charge in [-0.3, -0.25) is 0 Å². The molecular formula is C10H12N2S. The van der Waals surface area contributed by atoms with Crippen LogP contribution in [0.2, 0.25) is 0 Å². The van der Waals surface area contributed by atoms with E-state index in [0.29, 0.717) is 0 Å². The standard InChI is InChI=1S/C10H12N2S/c1-5-4-8-9(6(2)10(5)11)7(3)12-13-8/h4H,11H2,1-3H3. The number of benzene rings is 1. The number of nitrogens with two attached hydrogens (primary N) is 1. The molecule has 13 heavy (non-hydrogen) atoms. The van der Waals surface area contributed by atoms with Gasteiger partial charge in [0.05, 0.1) is 10.4 Å². The molecule has 2 rings (SSSR count). The molecule has 1 heterocycles. The summed E-state index contributed by atoms with van der Waals surface area (Å²) in [5, 5.41) is 1.23. The monoisotopic (exact) mass is 192 g/mol. The van der Waals surface area contributed by atoms with Crippen molar-refractivity contribution in [2.75, 3.05) is 5.73 Å². The minimum absolute atomic E-state index is 0.899.